The highest BCUT2D eigenvalue weighted by molar-refractivity contribution is 7.91. The summed E-state index contributed by atoms with van der Waals surface area (Å²) in [6.07, 6.45) is 1.39. The molecule has 1 N–H and O–H groups in total. The van der Waals surface area contributed by atoms with Crippen LogP contribution in [0.2, 0.25) is 5.02 Å². The summed E-state index contributed by atoms with van der Waals surface area (Å²) in [4.78, 5) is 16.2. The van der Waals surface area contributed by atoms with Crippen LogP contribution >= 0.6 is 11.6 Å². The van der Waals surface area contributed by atoms with Crippen LogP contribution in [-0.2, 0) is 9.84 Å². The van der Waals surface area contributed by atoms with Crippen molar-refractivity contribution in [1.29, 1.82) is 0 Å². The van der Waals surface area contributed by atoms with Crippen molar-refractivity contribution in [2.75, 3.05) is 11.1 Å². The molecule has 1 aromatic carbocycles. The normalized spacial score (nSPS) is 11.1. The first kappa shape index (κ1) is 15.5. The number of nitrogens with zero attached hydrogens (tertiary/aromatic N) is 1. The summed E-state index contributed by atoms with van der Waals surface area (Å²) >= 11 is 5.71. The molecule has 1 heterocycles. The molecule has 0 saturated carbocycles. The van der Waals surface area contributed by atoms with E-state index in [1.165, 1.54) is 31.3 Å². The molecule has 0 radical (unpaired) electrons. The van der Waals surface area contributed by atoms with Gasteiger partial charge in [-0.05, 0) is 24.3 Å². The van der Waals surface area contributed by atoms with Gasteiger partial charge in [-0.25, -0.2) is 13.4 Å². The van der Waals surface area contributed by atoms with Gasteiger partial charge >= 0.3 is 0 Å². The van der Waals surface area contributed by atoms with Gasteiger partial charge in [0.15, 0.2) is 9.84 Å². The van der Waals surface area contributed by atoms with Crippen LogP contribution in [0, 0.1) is 0 Å². The van der Waals surface area contributed by atoms with Crippen LogP contribution < -0.4 is 5.32 Å². The second-order valence-electron chi connectivity index (χ2n) is 4.22. The summed E-state index contributed by atoms with van der Waals surface area (Å²) in [6, 6.07) is 9.20. The molecule has 2 aromatic rings. The van der Waals surface area contributed by atoms with Gasteiger partial charge in [0.05, 0.1) is 21.2 Å². The number of sulfone groups is 1. The van der Waals surface area contributed by atoms with Crippen LogP contribution in [0.5, 0.6) is 0 Å². The quantitative estimate of drug-likeness (QED) is 0.938. The number of hydrogen-bond donors (Lipinski definition) is 1. The molecule has 1 amide bonds. The maximum absolute atomic E-state index is 12.2. The van der Waals surface area contributed by atoms with Crippen LogP contribution in [0.3, 0.4) is 0 Å². The highest BCUT2D eigenvalue weighted by atomic mass is 35.5. The Morgan fingerprint density at radius 1 is 1.24 bits per heavy atom. The van der Waals surface area contributed by atoms with Crippen molar-refractivity contribution in [3.63, 3.8) is 0 Å². The molecular formula is C14H13ClN2O3S. The maximum atomic E-state index is 12.2. The number of nitrogens with one attached hydrogen (secondary N) is 1. The second-order valence-corrected chi connectivity index (χ2v) is 6.90. The predicted molar refractivity (Wildman–Crippen MR) is 81.4 cm³/mol. The molecule has 0 atom stereocenters. The van der Waals surface area contributed by atoms with Crippen LogP contribution in [-0.4, -0.2) is 25.1 Å². The summed E-state index contributed by atoms with van der Waals surface area (Å²) in [5.74, 6) is -0.304. The largest absolute Gasteiger partial charge is 0.307 e. The summed E-state index contributed by atoms with van der Waals surface area (Å²) in [6.45, 7) is 1.53. The zero-order valence-corrected chi connectivity index (χ0v) is 12.8. The van der Waals surface area contributed by atoms with Crippen molar-refractivity contribution in [1.82, 2.24) is 4.98 Å². The molecule has 0 aliphatic carbocycles. The Morgan fingerprint density at radius 2 is 1.95 bits per heavy atom. The van der Waals surface area contributed by atoms with Crippen LogP contribution in [0.4, 0.5) is 5.82 Å². The lowest BCUT2D eigenvalue weighted by molar-refractivity contribution is 0.102. The first-order valence-corrected chi connectivity index (χ1v) is 8.22. The van der Waals surface area contributed by atoms with Gasteiger partial charge in [-0.15, -0.1) is 0 Å². The third-order valence-corrected chi connectivity index (χ3v) is 4.83. The van der Waals surface area contributed by atoms with E-state index in [4.69, 9.17) is 11.6 Å². The standard InChI is InChI=1S/C14H13ClN2O3S/c1-2-21(19,20)12-6-4-3-5-11(12)14(18)17-13-8-7-10(15)9-16-13/h3-9H,2H2,1H3,(H,16,17,18). The first-order chi connectivity index (χ1) is 9.94. The van der Waals surface area contributed by atoms with E-state index in [1.54, 1.807) is 18.2 Å². The van der Waals surface area contributed by atoms with Crippen molar-refractivity contribution >= 4 is 33.2 Å². The van der Waals surface area contributed by atoms with Crippen LogP contribution in [0.25, 0.3) is 0 Å². The lowest BCUT2D eigenvalue weighted by Crippen LogP contribution is -2.17. The average molecular weight is 325 g/mol. The predicted octanol–water partition coefficient (Wildman–Crippen LogP) is 2.78. The minimum Gasteiger partial charge on any atom is -0.307 e. The third kappa shape index (κ3) is 3.59. The van der Waals surface area contributed by atoms with E-state index in [0.29, 0.717) is 10.8 Å². The number of pyridine rings is 1. The lowest BCUT2D eigenvalue weighted by atomic mass is 10.2. The Kier molecular flexibility index (Phi) is 4.59. The molecule has 1 aromatic heterocycles. The first-order valence-electron chi connectivity index (χ1n) is 6.18. The van der Waals surface area contributed by atoms with E-state index in [1.807, 2.05) is 0 Å². The van der Waals surface area contributed by atoms with Crippen molar-refractivity contribution in [2.45, 2.75) is 11.8 Å². The number of amides is 1. The van der Waals surface area contributed by atoms with E-state index < -0.39 is 15.7 Å². The molecule has 0 aliphatic rings. The number of rotatable bonds is 4. The second kappa shape index (κ2) is 6.24. The summed E-state index contributed by atoms with van der Waals surface area (Å²) in [5, 5.41) is 3.00. The average Bonchev–Trinajstić information content (AvgIpc) is 2.49. The Hall–Kier alpha value is -1.92. The van der Waals surface area contributed by atoms with E-state index in [9.17, 15) is 13.2 Å². The van der Waals surface area contributed by atoms with Crippen molar-refractivity contribution in [3.05, 3.63) is 53.2 Å². The molecule has 2 rings (SSSR count). The molecular weight excluding hydrogens is 312 g/mol. The summed E-state index contributed by atoms with van der Waals surface area (Å²) in [7, 11) is -3.48. The van der Waals surface area contributed by atoms with Gasteiger partial charge in [0.1, 0.15) is 5.82 Å². The van der Waals surface area contributed by atoms with Crippen molar-refractivity contribution in [3.8, 4) is 0 Å². The monoisotopic (exact) mass is 324 g/mol. The van der Waals surface area contributed by atoms with E-state index in [-0.39, 0.29) is 16.2 Å². The number of halogens is 1. The highest BCUT2D eigenvalue weighted by Gasteiger charge is 2.20. The summed E-state index contributed by atoms with van der Waals surface area (Å²) in [5.41, 5.74) is 0.0936. The van der Waals surface area contributed by atoms with Gasteiger partial charge in [-0.2, -0.15) is 0 Å². The smallest absolute Gasteiger partial charge is 0.258 e. The molecule has 21 heavy (non-hydrogen) atoms. The fourth-order valence-corrected chi connectivity index (χ4v) is 2.92. The minimum atomic E-state index is -3.48. The van der Waals surface area contributed by atoms with E-state index >= 15 is 0 Å². The SMILES string of the molecule is CCS(=O)(=O)c1ccccc1C(=O)Nc1ccc(Cl)cn1. The fraction of sp³-hybridized carbons (Fsp3) is 0.143. The zero-order chi connectivity index (χ0) is 15.5. The topological polar surface area (TPSA) is 76.1 Å². The molecule has 0 aliphatic heterocycles. The minimum absolute atomic E-state index is 0.0129. The van der Waals surface area contributed by atoms with E-state index in [0.717, 1.165) is 0 Å². The molecule has 0 unspecified atom stereocenters. The van der Waals surface area contributed by atoms with Crippen molar-refractivity contribution in [2.24, 2.45) is 0 Å². The highest BCUT2D eigenvalue weighted by Crippen LogP contribution is 2.18. The number of benzene rings is 1. The number of hydrogen-bond acceptors (Lipinski definition) is 4. The van der Waals surface area contributed by atoms with Crippen molar-refractivity contribution < 1.29 is 13.2 Å². The Bertz CT molecular complexity index is 758. The molecule has 0 bridgehead atoms. The molecule has 5 nitrogen and oxygen atoms in total. The number of carbonyl (C=O) groups is 1. The van der Waals surface area contributed by atoms with Gasteiger partial charge in [0.25, 0.3) is 5.91 Å². The fourth-order valence-electron chi connectivity index (χ4n) is 1.71. The Labute approximate surface area is 127 Å². The van der Waals surface area contributed by atoms with Gasteiger partial charge in [-0.1, -0.05) is 30.7 Å². The number of carbonyl (C=O) groups excluding carboxylic acids is 1. The van der Waals surface area contributed by atoms with Gasteiger partial charge < -0.3 is 5.32 Å². The third-order valence-electron chi connectivity index (χ3n) is 2.82. The van der Waals surface area contributed by atoms with Crippen LogP contribution in [0.15, 0.2) is 47.5 Å². The van der Waals surface area contributed by atoms with Crippen LogP contribution in [0.1, 0.15) is 17.3 Å². The number of aromatic nitrogens is 1. The Morgan fingerprint density at radius 3 is 2.57 bits per heavy atom. The lowest BCUT2D eigenvalue weighted by Gasteiger charge is -2.09. The molecule has 110 valence electrons. The van der Waals surface area contributed by atoms with Gasteiger partial charge in [0.2, 0.25) is 0 Å². The van der Waals surface area contributed by atoms with Gasteiger partial charge in [0, 0.05) is 6.20 Å². The molecule has 0 fully saturated rings. The maximum Gasteiger partial charge on any atom is 0.258 e. The molecule has 7 heteroatoms. The number of anilines is 1. The molecule has 0 spiro atoms. The van der Waals surface area contributed by atoms with Gasteiger partial charge in [-0.3, -0.25) is 4.79 Å². The zero-order valence-electron chi connectivity index (χ0n) is 11.2. The Balaban J connectivity index is 2.34. The van der Waals surface area contributed by atoms with E-state index in [2.05, 4.69) is 10.3 Å². The molecule has 0 saturated heterocycles. The summed E-state index contributed by atoms with van der Waals surface area (Å²) < 4.78 is 24.0.